The van der Waals surface area contributed by atoms with Crippen LogP contribution in [0.4, 0.5) is 0 Å². The fourth-order valence-electron chi connectivity index (χ4n) is 3.00. The van der Waals surface area contributed by atoms with Crippen LogP contribution in [-0.2, 0) is 35.2 Å². The predicted molar refractivity (Wildman–Crippen MR) is 124 cm³/mol. The Bertz CT molecular complexity index is 967. The number of aliphatic carboxylic acids is 2. The quantitative estimate of drug-likeness (QED) is 0.128. The Balaban J connectivity index is 2.97. The largest absolute Gasteiger partial charge is 0.508 e. The molecule has 0 spiro atoms. The highest BCUT2D eigenvalue weighted by Crippen LogP contribution is 2.11. The van der Waals surface area contributed by atoms with Gasteiger partial charge < -0.3 is 42.7 Å². The van der Waals surface area contributed by atoms with Gasteiger partial charge >= 0.3 is 11.9 Å². The molecule has 198 valence electrons. The van der Waals surface area contributed by atoms with Crippen LogP contribution in [0.15, 0.2) is 24.3 Å². The maximum absolute atomic E-state index is 12.9. The van der Waals surface area contributed by atoms with E-state index in [-0.39, 0.29) is 31.4 Å². The maximum atomic E-state index is 12.9. The molecule has 0 saturated carbocycles. The number of aromatic hydroxyl groups is 1. The molecule has 0 aliphatic carbocycles. The van der Waals surface area contributed by atoms with Gasteiger partial charge in [0, 0.05) is 12.8 Å². The standard InChI is InChI=1S/C22H31N5O9/c1-11(22(35)36)25-20(33)15(6-8-17(24)29)27-21(34)16(7-9-18(30)31)26-19(32)14(23)10-12-2-4-13(28)5-3-12/h2-5,11,14-16,28H,6-10,23H2,1H3,(H2,24,29)(H,25,33)(H,26,32)(H,27,34)(H,30,31)(H,35,36). The summed E-state index contributed by atoms with van der Waals surface area (Å²) in [6.45, 7) is 1.19. The Morgan fingerprint density at radius 2 is 1.33 bits per heavy atom. The van der Waals surface area contributed by atoms with Crippen LogP contribution in [0.2, 0.25) is 0 Å². The summed E-state index contributed by atoms with van der Waals surface area (Å²) in [5.74, 6) is -5.95. The molecule has 4 atom stereocenters. The molecule has 0 aliphatic rings. The van der Waals surface area contributed by atoms with Gasteiger partial charge in [-0.1, -0.05) is 12.1 Å². The van der Waals surface area contributed by atoms with Crippen LogP contribution in [0.5, 0.6) is 5.75 Å². The van der Waals surface area contributed by atoms with Crippen molar-refractivity contribution in [2.75, 3.05) is 0 Å². The molecule has 0 radical (unpaired) electrons. The van der Waals surface area contributed by atoms with E-state index in [0.717, 1.165) is 0 Å². The number of phenolic OH excluding ortho intramolecular Hbond substituents is 1. The zero-order valence-electron chi connectivity index (χ0n) is 19.6. The number of benzene rings is 1. The summed E-state index contributed by atoms with van der Waals surface area (Å²) in [5, 5.41) is 34.2. The topological polar surface area (TPSA) is 251 Å². The molecule has 1 aromatic carbocycles. The predicted octanol–water partition coefficient (Wildman–Crippen LogP) is -2.05. The number of phenols is 1. The van der Waals surface area contributed by atoms with Gasteiger partial charge in [0.15, 0.2) is 0 Å². The average Bonchev–Trinajstić information content (AvgIpc) is 2.79. The molecule has 10 N–H and O–H groups in total. The lowest BCUT2D eigenvalue weighted by Gasteiger charge is -2.24. The fourth-order valence-corrected chi connectivity index (χ4v) is 3.00. The van der Waals surface area contributed by atoms with Gasteiger partial charge in [0.25, 0.3) is 0 Å². The van der Waals surface area contributed by atoms with E-state index in [1.807, 2.05) is 0 Å². The molecule has 0 aromatic heterocycles. The van der Waals surface area contributed by atoms with Crippen LogP contribution >= 0.6 is 0 Å². The second kappa shape index (κ2) is 14.3. The van der Waals surface area contributed by atoms with E-state index in [0.29, 0.717) is 5.56 Å². The Morgan fingerprint density at radius 3 is 1.83 bits per heavy atom. The molecular formula is C22H31N5O9. The first-order chi connectivity index (χ1) is 16.8. The Morgan fingerprint density at radius 1 is 0.833 bits per heavy atom. The Labute approximate surface area is 206 Å². The van der Waals surface area contributed by atoms with Crippen molar-refractivity contribution in [3.63, 3.8) is 0 Å². The normalized spacial score (nSPS) is 13.9. The number of rotatable bonds is 15. The maximum Gasteiger partial charge on any atom is 0.325 e. The smallest absolute Gasteiger partial charge is 0.325 e. The zero-order chi connectivity index (χ0) is 27.4. The number of carbonyl (C=O) groups excluding carboxylic acids is 4. The SMILES string of the molecule is CC(NC(=O)C(CCC(N)=O)NC(=O)C(CCC(=O)O)NC(=O)C(N)Cc1ccc(O)cc1)C(=O)O. The number of carbonyl (C=O) groups is 6. The summed E-state index contributed by atoms with van der Waals surface area (Å²) < 4.78 is 0. The van der Waals surface area contributed by atoms with Gasteiger partial charge in [-0.05, 0) is 43.9 Å². The highest BCUT2D eigenvalue weighted by molar-refractivity contribution is 5.94. The van der Waals surface area contributed by atoms with Gasteiger partial charge in [-0.3, -0.25) is 28.8 Å². The van der Waals surface area contributed by atoms with Crippen molar-refractivity contribution in [3.8, 4) is 5.75 Å². The van der Waals surface area contributed by atoms with Crippen molar-refractivity contribution < 1.29 is 44.1 Å². The number of hydrogen-bond donors (Lipinski definition) is 8. The highest BCUT2D eigenvalue weighted by atomic mass is 16.4. The van der Waals surface area contributed by atoms with E-state index in [9.17, 15) is 33.9 Å². The van der Waals surface area contributed by atoms with Crippen molar-refractivity contribution in [2.24, 2.45) is 11.5 Å². The molecule has 36 heavy (non-hydrogen) atoms. The minimum absolute atomic E-state index is 0.0230. The second-order valence-electron chi connectivity index (χ2n) is 8.11. The third kappa shape index (κ3) is 10.8. The minimum Gasteiger partial charge on any atom is -0.508 e. The zero-order valence-corrected chi connectivity index (χ0v) is 19.6. The van der Waals surface area contributed by atoms with Gasteiger partial charge in [0.2, 0.25) is 23.6 Å². The first-order valence-electron chi connectivity index (χ1n) is 11.0. The molecule has 0 saturated heterocycles. The lowest BCUT2D eigenvalue weighted by molar-refractivity contribution is -0.142. The van der Waals surface area contributed by atoms with Gasteiger partial charge in [0.1, 0.15) is 23.9 Å². The summed E-state index contributed by atoms with van der Waals surface area (Å²) in [7, 11) is 0. The third-order valence-corrected chi connectivity index (χ3v) is 5.05. The number of nitrogens with one attached hydrogen (secondary N) is 3. The number of primary amides is 1. The summed E-state index contributed by atoms with van der Waals surface area (Å²) in [5.41, 5.74) is 11.6. The van der Waals surface area contributed by atoms with E-state index >= 15 is 0 Å². The van der Waals surface area contributed by atoms with Crippen LogP contribution in [0.25, 0.3) is 0 Å². The molecule has 0 heterocycles. The molecule has 1 rings (SSSR count). The molecular weight excluding hydrogens is 478 g/mol. The van der Waals surface area contributed by atoms with Crippen LogP contribution < -0.4 is 27.4 Å². The number of carboxylic acids is 2. The number of carboxylic acid groups (broad SMARTS) is 2. The van der Waals surface area contributed by atoms with Crippen LogP contribution in [-0.4, -0.2) is 75.1 Å². The molecule has 4 amide bonds. The molecule has 4 unspecified atom stereocenters. The molecule has 0 aliphatic heterocycles. The van der Waals surface area contributed by atoms with Gasteiger partial charge in [-0.25, -0.2) is 0 Å². The van der Waals surface area contributed by atoms with E-state index < -0.39 is 66.2 Å². The van der Waals surface area contributed by atoms with Gasteiger partial charge in [0.05, 0.1) is 6.04 Å². The highest BCUT2D eigenvalue weighted by Gasteiger charge is 2.30. The fraction of sp³-hybridized carbons (Fsp3) is 0.455. The molecule has 0 fully saturated rings. The number of hydrogen-bond acceptors (Lipinski definition) is 8. The van der Waals surface area contributed by atoms with E-state index in [4.69, 9.17) is 21.7 Å². The van der Waals surface area contributed by atoms with Crippen molar-refractivity contribution in [2.45, 2.75) is 63.2 Å². The Kier molecular flexibility index (Phi) is 11.8. The lowest BCUT2D eigenvalue weighted by atomic mass is 10.0. The minimum atomic E-state index is -1.40. The van der Waals surface area contributed by atoms with E-state index in [2.05, 4.69) is 16.0 Å². The lowest BCUT2D eigenvalue weighted by Crippen LogP contribution is -2.57. The molecule has 14 nitrogen and oxygen atoms in total. The molecule has 0 bridgehead atoms. The van der Waals surface area contributed by atoms with Crippen molar-refractivity contribution in [1.82, 2.24) is 16.0 Å². The summed E-state index contributed by atoms with van der Waals surface area (Å²) >= 11 is 0. The Hall–Kier alpha value is -4.20. The number of amides is 4. The molecule has 1 aromatic rings. The van der Waals surface area contributed by atoms with Crippen molar-refractivity contribution in [3.05, 3.63) is 29.8 Å². The molecule has 14 heteroatoms. The summed E-state index contributed by atoms with van der Waals surface area (Å²) in [6.07, 6.45) is -1.37. The first kappa shape index (κ1) is 29.8. The van der Waals surface area contributed by atoms with Crippen LogP contribution in [0.1, 0.15) is 38.2 Å². The summed E-state index contributed by atoms with van der Waals surface area (Å²) in [6, 6.07) is 0.707. The second-order valence-corrected chi connectivity index (χ2v) is 8.11. The average molecular weight is 510 g/mol. The first-order valence-corrected chi connectivity index (χ1v) is 11.0. The van der Waals surface area contributed by atoms with Gasteiger partial charge in [-0.15, -0.1) is 0 Å². The van der Waals surface area contributed by atoms with Crippen LogP contribution in [0, 0.1) is 0 Å². The van der Waals surface area contributed by atoms with Gasteiger partial charge in [-0.2, -0.15) is 0 Å². The van der Waals surface area contributed by atoms with Crippen molar-refractivity contribution in [1.29, 1.82) is 0 Å². The monoisotopic (exact) mass is 509 g/mol. The van der Waals surface area contributed by atoms with E-state index in [1.54, 1.807) is 12.1 Å². The summed E-state index contributed by atoms with van der Waals surface area (Å²) in [4.78, 5) is 71.2. The number of nitrogens with two attached hydrogens (primary N) is 2. The third-order valence-electron chi connectivity index (χ3n) is 5.05. The van der Waals surface area contributed by atoms with E-state index in [1.165, 1.54) is 19.1 Å². The van der Waals surface area contributed by atoms with Crippen LogP contribution in [0.3, 0.4) is 0 Å². The van der Waals surface area contributed by atoms with Crippen molar-refractivity contribution >= 4 is 35.6 Å².